The van der Waals surface area contributed by atoms with E-state index in [4.69, 9.17) is 11.5 Å². The van der Waals surface area contributed by atoms with Gasteiger partial charge in [-0.3, -0.25) is 9.59 Å². The van der Waals surface area contributed by atoms with Crippen LogP contribution in [0.1, 0.15) is 28.9 Å². The highest BCUT2D eigenvalue weighted by Gasteiger charge is 2.32. The lowest BCUT2D eigenvalue weighted by atomic mass is 10.0. The number of carbonyl (C=O) groups is 2. The maximum Gasteiger partial charge on any atom is 0.266 e. The quantitative estimate of drug-likeness (QED) is 0.817. The van der Waals surface area contributed by atoms with Crippen LogP contribution in [0.4, 0.5) is 5.69 Å². The molecule has 0 saturated carbocycles. The van der Waals surface area contributed by atoms with E-state index in [1.54, 1.807) is 16.3 Å². The number of piperidine rings is 1. The second kappa shape index (κ2) is 4.75. The topological polar surface area (TPSA) is 89.4 Å². The number of rotatable bonds is 2. The Morgan fingerprint density at radius 1 is 1.41 bits per heavy atom. The summed E-state index contributed by atoms with van der Waals surface area (Å²) in [5, 5.41) is 1.77. The van der Waals surface area contributed by atoms with Gasteiger partial charge in [0.15, 0.2) is 0 Å². The lowest BCUT2D eigenvalue weighted by Gasteiger charge is -2.33. The molecule has 2 heterocycles. The minimum atomic E-state index is -0.488. The molecule has 2 amide bonds. The second-order valence-electron chi connectivity index (χ2n) is 4.12. The predicted molar refractivity (Wildman–Crippen MR) is 66.6 cm³/mol. The van der Waals surface area contributed by atoms with E-state index in [2.05, 4.69) is 0 Å². The first-order valence-electron chi connectivity index (χ1n) is 5.54. The van der Waals surface area contributed by atoms with Crippen molar-refractivity contribution in [3.63, 3.8) is 0 Å². The average Bonchev–Trinajstić information content (AvgIpc) is 2.74. The molecule has 1 aliphatic heterocycles. The Bertz CT molecular complexity index is 444. The Balaban J connectivity index is 2.23. The van der Waals surface area contributed by atoms with Gasteiger partial charge in [-0.05, 0) is 30.7 Å². The Labute approximate surface area is 103 Å². The van der Waals surface area contributed by atoms with E-state index >= 15 is 0 Å². The fourth-order valence-corrected chi connectivity index (χ4v) is 2.87. The smallest absolute Gasteiger partial charge is 0.266 e. The van der Waals surface area contributed by atoms with Crippen molar-refractivity contribution < 1.29 is 9.59 Å². The van der Waals surface area contributed by atoms with E-state index in [0.29, 0.717) is 23.5 Å². The number of amides is 2. The van der Waals surface area contributed by atoms with Crippen molar-refractivity contribution >= 4 is 28.8 Å². The Hall–Kier alpha value is -1.56. The summed E-state index contributed by atoms with van der Waals surface area (Å²) in [5.74, 6) is -0.617. The molecule has 5 nitrogen and oxygen atoms in total. The largest absolute Gasteiger partial charge is 0.397 e. The predicted octanol–water partition coefficient (Wildman–Crippen LogP) is 0.810. The number of thiophene rings is 1. The summed E-state index contributed by atoms with van der Waals surface area (Å²) in [6.07, 6.45) is 2.48. The van der Waals surface area contributed by atoms with Crippen molar-refractivity contribution in [3.8, 4) is 0 Å². The van der Waals surface area contributed by atoms with Crippen LogP contribution in [0.15, 0.2) is 11.4 Å². The normalized spacial score (nSPS) is 20.2. The van der Waals surface area contributed by atoms with E-state index < -0.39 is 11.9 Å². The molecule has 0 aliphatic carbocycles. The van der Waals surface area contributed by atoms with Crippen LogP contribution in [0.3, 0.4) is 0 Å². The minimum absolute atomic E-state index is 0.180. The summed E-state index contributed by atoms with van der Waals surface area (Å²) in [6, 6.07) is 1.21. The highest BCUT2D eigenvalue weighted by molar-refractivity contribution is 7.12. The number of nitrogen functional groups attached to an aromatic ring is 1. The van der Waals surface area contributed by atoms with E-state index in [-0.39, 0.29) is 5.91 Å². The SMILES string of the molecule is NC(=O)C1CCCCN1C(=O)c1sccc1N. The minimum Gasteiger partial charge on any atom is -0.397 e. The van der Waals surface area contributed by atoms with Gasteiger partial charge in [0.05, 0.1) is 5.69 Å². The van der Waals surface area contributed by atoms with Crippen molar-refractivity contribution in [3.05, 3.63) is 16.3 Å². The van der Waals surface area contributed by atoms with Crippen LogP contribution in [0, 0.1) is 0 Å². The van der Waals surface area contributed by atoms with Gasteiger partial charge in [-0.2, -0.15) is 0 Å². The third-order valence-corrected chi connectivity index (χ3v) is 3.90. The Morgan fingerprint density at radius 3 is 2.76 bits per heavy atom. The molecule has 0 spiro atoms. The standard InChI is InChI=1S/C11H15N3O2S/c12-7-4-6-17-9(7)11(16)14-5-2-1-3-8(14)10(13)15/h4,6,8H,1-3,5,12H2,(H2,13,15). The molecule has 0 bridgehead atoms. The van der Waals surface area contributed by atoms with Gasteiger partial charge < -0.3 is 16.4 Å². The number of hydrogen-bond acceptors (Lipinski definition) is 4. The van der Waals surface area contributed by atoms with Crippen molar-refractivity contribution in [2.24, 2.45) is 5.73 Å². The van der Waals surface area contributed by atoms with Crippen molar-refractivity contribution in [1.82, 2.24) is 4.90 Å². The molecule has 1 aromatic heterocycles. The van der Waals surface area contributed by atoms with Crippen LogP contribution in [-0.4, -0.2) is 29.3 Å². The number of nitrogens with two attached hydrogens (primary N) is 2. The molecule has 4 N–H and O–H groups in total. The molecule has 1 unspecified atom stereocenters. The van der Waals surface area contributed by atoms with Gasteiger partial charge >= 0.3 is 0 Å². The van der Waals surface area contributed by atoms with Gasteiger partial charge in [0.25, 0.3) is 5.91 Å². The van der Waals surface area contributed by atoms with Crippen LogP contribution in [0.25, 0.3) is 0 Å². The van der Waals surface area contributed by atoms with E-state index in [0.717, 1.165) is 12.8 Å². The summed E-state index contributed by atoms with van der Waals surface area (Å²) < 4.78 is 0. The Morgan fingerprint density at radius 2 is 2.18 bits per heavy atom. The summed E-state index contributed by atoms with van der Waals surface area (Å²) in [5.41, 5.74) is 11.5. The molecule has 1 saturated heterocycles. The van der Waals surface area contributed by atoms with Gasteiger partial charge in [-0.1, -0.05) is 0 Å². The zero-order valence-electron chi connectivity index (χ0n) is 9.39. The molecule has 0 aromatic carbocycles. The van der Waals surface area contributed by atoms with Gasteiger partial charge in [0, 0.05) is 6.54 Å². The molecule has 6 heteroatoms. The summed E-state index contributed by atoms with van der Waals surface area (Å²) in [6.45, 7) is 0.573. The molecule has 2 rings (SSSR count). The molecule has 17 heavy (non-hydrogen) atoms. The fraction of sp³-hybridized carbons (Fsp3) is 0.455. The molecule has 92 valence electrons. The zero-order valence-corrected chi connectivity index (χ0v) is 10.2. The van der Waals surface area contributed by atoms with Crippen molar-refractivity contribution in [2.45, 2.75) is 25.3 Å². The van der Waals surface area contributed by atoms with Gasteiger partial charge in [-0.25, -0.2) is 0 Å². The maximum atomic E-state index is 12.2. The van der Waals surface area contributed by atoms with E-state index in [9.17, 15) is 9.59 Å². The molecule has 1 aromatic rings. The lowest BCUT2D eigenvalue weighted by Crippen LogP contribution is -2.50. The second-order valence-corrected chi connectivity index (χ2v) is 5.03. The molecule has 1 aliphatic rings. The lowest BCUT2D eigenvalue weighted by molar-refractivity contribution is -0.123. The third-order valence-electron chi connectivity index (χ3n) is 2.98. The summed E-state index contributed by atoms with van der Waals surface area (Å²) in [7, 11) is 0. The molecular formula is C11H15N3O2S. The van der Waals surface area contributed by atoms with Crippen LogP contribution in [-0.2, 0) is 4.79 Å². The zero-order chi connectivity index (χ0) is 12.4. The van der Waals surface area contributed by atoms with E-state index in [1.807, 2.05) is 0 Å². The third kappa shape index (κ3) is 2.26. The number of carbonyl (C=O) groups excluding carboxylic acids is 2. The molecule has 1 fully saturated rings. The van der Waals surface area contributed by atoms with E-state index in [1.165, 1.54) is 11.3 Å². The first kappa shape index (κ1) is 11.9. The summed E-state index contributed by atoms with van der Waals surface area (Å²) >= 11 is 1.30. The molecule has 0 radical (unpaired) electrons. The number of anilines is 1. The molecular weight excluding hydrogens is 238 g/mol. The van der Waals surface area contributed by atoms with Crippen molar-refractivity contribution in [2.75, 3.05) is 12.3 Å². The van der Waals surface area contributed by atoms with Crippen LogP contribution in [0.2, 0.25) is 0 Å². The monoisotopic (exact) mass is 253 g/mol. The number of likely N-dealkylation sites (tertiary alicyclic amines) is 1. The maximum absolute atomic E-state index is 12.2. The molecule has 1 atom stereocenters. The number of primary amides is 1. The van der Waals surface area contributed by atoms with Crippen LogP contribution >= 0.6 is 11.3 Å². The van der Waals surface area contributed by atoms with Gasteiger partial charge in [0.2, 0.25) is 5.91 Å². The number of nitrogens with zero attached hydrogens (tertiary/aromatic N) is 1. The highest BCUT2D eigenvalue weighted by Crippen LogP contribution is 2.25. The number of hydrogen-bond donors (Lipinski definition) is 2. The average molecular weight is 253 g/mol. The highest BCUT2D eigenvalue weighted by atomic mass is 32.1. The Kier molecular flexibility index (Phi) is 3.33. The van der Waals surface area contributed by atoms with Crippen LogP contribution < -0.4 is 11.5 Å². The summed E-state index contributed by atoms with van der Waals surface area (Å²) in [4.78, 5) is 25.6. The van der Waals surface area contributed by atoms with Gasteiger partial charge in [0.1, 0.15) is 10.9 Å². The van der Waals surface area contributed by atoms with Crippen LogP contribution in [0.5, 0.6) is 0 Å². The van der Waals surface area contributed by atoms with Gasteiger partial charge in [-0.15, -0.1) is 11.3 Å². The first-order valence-corrected chi connectivity index (χ1v) is 6.42. The van der Waals surface area contributed by atoms with Crippen molar-refractivity contribution in [1.29, 1.82) is 0 Å². The fourth-order valence-electron chi connectivity index (χ4n) is 2.09. The first-order chi connectivity index (χ1) is 8.11.